The molecule has 5 rings (SSSR count). The minimum Gasteiger partial charge on any atom is -0.321 e. The second kappa shape index (κ2) is 6.48. The zero-order chi connectivity index (χ0) is 16.6. The molecule has 1 saturated heterocycles. The van der Waals surface area contributed by atoms with Crippen LogP contribution in [0.25, 0.3) is 20.4 Å². The van der Waals surface area contributed by atoms with E-state index in [0.29, 0.717) is 6.04 Å². The van der Waals surface area contributed by atoms with E-state index in [1.165, 1.54) is 45.2 Å². The number of nitrogens with zero attached hydrogens (tertiary/aromatic N) is 2. The third-order valence-corrected chi connectivity index (χ3v) is 7.24. The van der Waals surface area contributed by atoms with E-state index in [4.69, 9.17) is 9.97 Å². The van der Waals surface area contributed by atoms with Crippen molar-refractivity contribution < 1.29 is 4.90 Å². The van der Waals surface area contributed by atoms with Crippen molar-refractivity contribution >= 4 is 43.1 Å². The fourth-order valence-corrected chi connectivity index (χ4v) is 6.00. The van der Waals surface area contributed by atoms with Crippen molar-refractivity contribution in [1.29, 1.82) is 0 Å². The molecule has 0 aliphatic carbocycles. The van der Waals surface area contributed by atoms with Crippen LogP contribution in [0.2, 0.25) is 0 Å². The van der Waals surface area contributed by atoms with Gasteiger partial charge in [-0.25, -0.2) is 9.97 Å². The van der Waals surface area contributed by atoms with Gasteiger partial charge in [-0.3, -0.25) is 0 Å². The number of para-hydroxylation sites is 2. The number of quaternary nitrogens is 1. The van der Waals surface area contributed by atoms with E-state index in [9.17, 15) is 0 Å². The molecular formula is C20H20N3S2+. The molecule has 1 aliphatic heterocycles. The van der Waals surface area contributed by atoms with Gasteiger partial charge in [-0.15, -0.1) is 22.7 Å². The van der Waals surface area contributed by atoms with Crippen molar-refractivity contribution in [2.75, 3.05) is 6.54 Å². The average molecular weight is 367 g/mol. The van der Waals surface area contributed by atoms with Gasteiger partial charge in [0, 0.05) is 6.42 Å². The van der Waals surface area contributed by atoms with Crippen LogP contribution in [0.15, 0.2) is 48.5 Å². The standard InChI is InChI=1S/C20H19N3S2/c1-3-10-17-14(7-1)21-19(24-17)13-23-12-6-5-9-16(23)20-22-15-8-2-4-11-18(15)25-20/h1-4,7-8,10-11,16H,5-6,9,12-13H2/p+1/t16-/m1/s1. The Hall–Kier alpha value is -1.82. The predicted molar refractivity (Wildman–Crippen MR) is 105 cm³/mol. The minimum atomic E-state index is 0.512. The summed E-state index contributed by atoms with van der Waals surface area (Å²) in [6.07, 6.45) is 3.85. The molecule has 0 amide bonds. The minimum absolute atomic E-state index is 0.512. The SMILES string of the molecule is c1ccc2sc(C[NH+]3CCCC[C@@H]3c3nc4ccccc4s3)nc2c1. The lowest BCUT2D eigenvalue weighted by Crippen LogP contribution is -3.11. The van der Waals surface area contributed by atoms with Gasteiger partial charge in [0.2, 0.25) is 0 Å². The van der Waals surface area contributed by atoms with Crippen molar-refractivity contribution in [3.05, 3.63) is 58.5 Å². The van der Waals surface area contributed by atoms with Gasteiger partial charge in [-0.1, -0.05) is 24.3 Å². The molecule has 0 saturated carbocycles. The molecule has 2 aromatic carbocycles. The van der Waals surface area contributed by atoms with Crippen LogP contribution >= 0.6 is 22.7 Å². The maximum atomic E-state index is 4.95. The molecule has 1 N–H and O–H groups in total. The number of rotatable bonds is 3. The molecule has 3 nitrogen and oxygen atoms in total. The normalized spacial score (nSPS) is 21.1. The quantitative estimate of drug-likeness (QED) is 0.588. The fraction of sp³-hybridized carbons (Fsp3) is 0.300. The summed E-state index contributed by atoms with van der Waals surface area (Å²) in [5.41, 5.74) is 2.28. The van der Waals surface area contributed by atoms with Crippen molar-refractivity contribution in [1.82, 2.24) is 9.97 Å². The van der Waals surface area contributed by atoms with Crippen molar-refractivity contribution in [2.24, 2.45) is 0 Å². The third-order valence-electron chi connectivity index (χ3n) is 5.06. The maximum Gasteiger partial charge on any atom is 0.151 e. The van der Waals surface area contributed by atoms with Gasteiger partial charge < -0.3 is 4.90 Å². The number of hydrogen-bond donors (Lipinski definition) is 1. The number of benzene rings is 2. The topological polar surface area (TPSA) is 30.2 Å². The Bertz CT molecular complexity index is 954. The molecule has 25 heavy (non-hydrogen) atoms. The molecule has 1 fully saturated rings. The molecule has 0 radical (unpaired) electrons. The maximum absolute atomic E-state index is 4.95. The molecular weight excluding hydrogens is 346 g/mol. The van der Waals surface area contributed by atoms with Crippen LogP contribution in [-0.4, -0.2) is 16.5 Å². The summed E-state index contributed by atoms with van der Waals surface area (Å²) in [4.78, 5) is 11.4. The summed E-state index contributed by atoms with van der Waals surface area (Å²) in [7, 11) is 0. The van der Waals surface area contributed by atoms with Gasteiger partial charge in [0.1, 0.15) is 17.6 Å². The van der Waals surface area contributed by atoms with Crippen LogP contribution in [0.4, 0.5) is 0 Å². The number of thiazole rings is 2. The van der Waals surface area contributed by atoms with Gasteiger partial charge in [-0.05, 0) is 37.1 Å². The Morgan fingerprint density at radius 2 is 1.60 bits per heavy atom. The van der Waals surface area contributed by atoms with Crippen LogP contribution in [-0.2, 0) is 6.54 Å². The second-order valence-corrected chi connectivity index (χ2v) is 8.91. The number of hydrogen-bond acceptors (Lipinski definition) is 4. The molecule has 1 aliphatic rings. The summed E-state index contributed by atoms with van der Waals surface area (Å²) in [6, 6.07) is 17.5. The van der Waals surface area contributed by atoms with Crippen molar-refractivity contribution in [2.45, 2.75) is 31.8 Å². The lowest BCUT2D eigenvalue weighted by molar-refractivity contribution is -0.950. The van der Waals surface area contributed by atoms with Crippen LogP contribution < -0.4 is 4.90 Å². The highest BCUT2D eigenvalue weighted by atomic mass is 32.1. The summed E-state index contributed by atoms with van der Waals surface area (Å²) >= 11 is 3.72. The number of nitrogens with one attached hydrogen (secondary N) is 1. The summed E-state index contributed by atoms with van der Waals surface area (Å²) in [5.74, 6) is 0. The first kappa shape index (κ1) is 15.4. The number of likely N-dealkylation sites (tertiary alicyclic amines) is 1. The Balaban J connectivity index is 1.45. The van der Waals surface area contributed by atoms with Gasteiger partial charge >= 0.3 is 0 Å². The summed E-state index contributed by atoms with van der Waals surface area (Å²) in [5, 5.41) is 2.56. The Kier molecular flexibility index (Phi) is 4.00. The van der Waals surface area contributed by atoms with E-state index in [-0.39, 0.29) is 0 Å². The fourth-order valence-electron chi connectivity index (χ4n) is 3.82. The molecule has 126 valence electrons. The Morgan fingerprint density at radius 1 is 0.880 bits per heavy atom. The van der Waals surface area contributed by atoms with Gasteiger partial charge in [0.15, 0.2) is 5.01 Å². The lowest BCUT2D eigenvalue weighted by Gasteiger charge is -2.30. The molecule has 0 bridgehead atoms. The van der Waals surface area contributed by atoms with E-state index in [0.717, 1.165) is 17.6 Å². The zero-order valence-electron chi connectivity index (χ0n) is 13.9. The number of piperidine rings is 1. The smallest absolute Gasteiger partial charge is 0.151 e. The molecule has 1 unspecified atom stereocenters. The molecule has 0 spiro atoms. The van der Waals surface area contributed by atoms with Crippen LogP contribution in [0.5, 0.6) is 0 Å². The zero-order valence-corrected chi connectivity index (χ0v) is 15.6. The predicted octanol–water partition coefficient (Wildman–Crippen LogP) is 4.22. The van der Waals surface area contributed by atoms with Gasteiger partial charge in [0.05, 0.1) is 27.0 Å². The summed E-state index contributed by atoms with van der Waals surface area (Å²) in [6.45, 7) is 2.23. The number of aromatic nitrogens is 2. The first-order chi connectivity index (χ1) is 12.4. The van der Waals surface area contributed by atoms with E-state index in [1.54, 1.807) is 4.90 Å². The molecule has 3 heterocycles. The first-order valence-electron chi connectivity index (χ1n) is 8.91. The highest BCUT2D eigenvalue weighted by molar-refractivity contribution is 7.18. The largest absolute Gasteiger partial charge is 0.321 e. The second-order valence-electron chi connectivity index (χ2n) is 6.73. The average Bonchev–Trinajstić information content (AvgIpc) is 3.25. The highest BCUT2D eigenvalue weighted by Gasteiger charge is 2.31. The molecule has 5 heteroatoms. The van der Waals surface area contributed by atoms with E-state index in [2.05, 4.69) is 48.5 Å². The van der Waals surface area contributed by atoms with Gasteiger partial charge in [0.25, 0.3) is 0 Å². The van der Waals surface area contributed by atoms with Crippen LogP contribution in [0.1, 0.15) is 35.3 Å². The third kappa shape index (κ3) is 2.97. The lowest BCUT2D eigenvalue weighted by atomic mass is 10.0. The molecule has 4 aromatic rings. The van der Waals surface area contributed by atoms with Crippen LogP contribution in [0, 0.1) is 0 Å². The Labute approximate surface area is 155 Å². The van der Waals surface area contributed by atoms with E-state index < -0.39 is 0 Å². The molecule has 2 aromatic heterocycles. The van der Waals surface area contributed by atoms with E-state index >= 15 is 0 Å². The highest BCUT2D eigenvalue weighted by Crippen LogP contribution is 2.29. The van der Waals surface area contributed by atoms with Gasteiger partial charge in [-0.2, -0.15) is 0 Å². The van der Waals surface area contributed by atoms with Crippen LogP contribution in [0.3, 0.4) is 0 Å². The first-order valence-corrected chi connectivity index (χ1v) is 10.5. The number of fused-ring (bicyclic) bond motifs is 2. The van der Waals surface area contributed by atoms with Crippen molar-refractivity contribution in [3.63, 3.8) is 0 Å². The summed E-state index contributed by atoms with van der Waals surface area (Å²) < 4.78 is 2.60. The van der Waals surface area contributed by atoms with Crippen molar-refractivity contribution in [3.8, 4) is 0 Å². The Morgan fingerprint density at radius 3 is 2.36 bits per heavy atom. The monoisotopic (exact) mass is 366 g/mol. The van der Waals surface area contributed by atoms with E-state index in [1.807, 2.05) is 22.7 Å². The molecule has 2 atom stereocenters.